The SMILES string of the molecule is CCOc1ccc(C(CS(=O)(=O)CCCOC)NC)cc1. The quantitative estimate of drug-likeness (QED) is 0.667. The van der Waals surface area contributed by atoms with Crippen LogP contribution in [0.3, 0.4) is 0 Å². The molecule has 1 rings (SSSR count). The third kappa shape index (κ3) is 6.46. The fourth-order valence-corrected chi connectivity index (χ4v) is 3.66. The lowest BCUT2D eigenvalue weighted by Crippen LogP contribution is -2.27. The van der Waals surface area contributed by atoms with E-state index in [4.69, 9.17) is 9.47 Å². The van der Waals surface area contributed by atoms with E-state index in [1.54, 1.807) is 14.2 Å². The van der Waals surface area contributed by atoms with E-state index in [1.807, 2.05) is 31.2 Å². The van der Waals surface area contributed by atoms with Gasteiger partial charge in [0.15, 0.2) is 9.84 Å². The molecule has 6 heteroatoms. The van der Waals surface area contributed by atoms with Crippen molar-refractivity contribution in [2.75, 3.05) is 38.9 Å². The van der Waals surface area contributed by atoms with Crippen LogP contribution < -0.4 is 10.1 Å². The molecule has 5 nitrogen and oxygen atoms in total. The van der Waals surface area contributed by atoms with Gasteiger partial charge in [0, 0.05) is 19.8 Å². The molecule has 0 spiro atoms. The maximum absolute atomic E-state index is 12.1. The van der Waals surface area contributed by atoms with E-state index in [1.165, 1.54) is 0 Å². The topological polar surface area (TPSA) is 64.6 Å². The fourth-order valence-electron chi connectivity index (χ4n) is 2.07. The van der Waals surface area contributed by atoms with Gasteiger partial charge in [0.05, 0.1) is 18.1 Å². The lowest BCUT2D eigenvalue weighted by atomic mass is 10.1. The minimum atomic E-state index is -3.11. The summed E-state index contributed by atoms with van der Waals surface area (Å²) in [5, 5.41) is 3.07. The molecule has 1 atom stereocenters. The predicted octanol–water partition coefficient (Wildman–Crippen LogP) is 1.80. The number of hydrogen-bond acceptors (Lipinski definition) is 5. The Balaban J connectivity index is 2.69. The fraction of sp³-hybridized carbons (Fsp3) is 0.600. The van der Waals surface area contributed by atoms with Crippen LogP contribution in [0.2, 0.25) is 0 Å². The van der Waals surface area contributed by atoms with E-state index in [0.717, 1.165) is 11.3 Å². The first-order chi connectivity index (χ1) is 10.0. The van der Waals surface area contributed by atoms with Crippen molar-refractivity contribution in [3.05, 3.63) is 29.8 Å². The second-order valence-corrected chi connectivity index (χ2v) is 7.03. The van der Waals surface area contributed by atoms with Gasteiger partial charge in [0.25, 0.3) is 0 Å². The van der Waals surface area contributed by atoms with Gasteiger partial charge in [-0.15, -0.1) is 0 Å². The maximum Gasteiger partial charge on any atom is 0.152 e. The Morgan fingerprint density at radius 2 is 1.90 bits per heavy atom. The number of hydrogen-bond donors (Lipinski definition) is 1. The Morgan fingerprint density at radius 1 is 1.24 bits per heavy atom. The van der Waals surface area contributed by atoms with E-state index < -0.39 is 9.84 Å². The lowest BCUT2D eigenvalue weighted by Gasteiger charge is -2.17. The van der Waals surface area contributed by atoms with Gasteiger partial charge in [0.1, 0.15) is 5.75 Å². The van der Waals surface area contributed by atoms with Crippen molar-refractivity contribution < 1.29 is 17.9 Å². The molecule has 1 N–H and O–H groups in total. The minimum absolute atomic E-state index is 0.0845. The van der Waals surface area contributed by atoms with Gasteiger partial charge in [0.2, 0.25) is 0 Å². The number of benzene rings is 1. The molecule has 0 radical (unpaired) electrons. The average Bonchev–Trinajstić information content (AvgIpc) is 2.46. The molecule has 0 aromatic heterocycles. The molecular formula is C15H25NO4S. The van der Waals surface area contributed by atoms with Crippen molar-refractivity contribution in [2.24, 2.45) is 0 Å². The van der Waals surface area contributed by atoms with Gasteiger partial charge in [-0.2, -0.15) is 0 Å². The van der Waals surface area contributed by atoms with Crippen LogP contribution in [0, 0.1) is 0 Å². The Morgan fingerprint density at radius 3 is 2.43 bits per heavy atom. The zero-order valence-corrected chi connectivity index (χ0v) is 13.8. The highest BCUT2D eigenvalue weighted by molar-refractivity contribution is 7.91. The predicted molar refractivity (Wildman–Crippen MR) is 84.6 cm³/mol. The van der Waals surface area contributed by atoms with E-state index in [-0.39, 0.29) is 17.5 Å². The van der Waals surface area contributed by atoms with Gasteiger partial charge in [-0.05, 0) is 38.1 Å². The molecule has 0 fully saturated rings. The monoisotopic (exact) mass is 315 g/mol. The van der Waals surface area contributed by atoms with Gasteiger partial charge in [-0.1, -0.05) is 12.1 Å². The summed E-state index contributed by atoms with van der Waals surface area (Å²) in [4.78, 5) is 0. The van der Waals surface area contributed by atoms with Crippen LogP contribution in [0.5, 0.6) is 5.75 Å². The van der Waals surface area contributed by atoms with Crippen LogP contribution in [0.25, 0.3) is 0 Å². The van der Waals surface area contributed by atoms with Crippen LogP contribution in [0.15, 0.2) is 24.3 Å². The van der Waals surface area contributed by atoms with E-state index in [0.29, 0.717) is 19.6 Å². The molecule has 0 aliphatic heterocycles. The molecule has 0 amide bonds. The van der Waals surface area contributed by atoms with Crippen LogP contribution in [-0.4, -0.2) is 47.3 Å². The van der Waals surface area contributed by atoms with Crippen molar-refractivity contribution in [2.45, 2.75) is 19.4 Å². The second kappa shape index (κ2) is 9.02. The summed E-state index contributed by atoms with van der Waals surface area (Å²) in [6.45, 7) is 3.01. The van der Waals surface area contributed by atoms with Crippen LogP contribution in [-0.2, 0) is 14.6 Å². The highest BCUT2D eigenvalue weighted by Crippen LogP contribution is 2.19. The molecule has 0 aliphatic carbocycles. The van der Waals surface area contributed by atoms with Crippen molar-refractivity contribution in [3.8, 4) is 5.75 Å². The normalized spacial score (nSPS) is 13.1. The summed E-state index contributed by atoms with van der Waals surface area (Å²) < 4.78 is 34.5. The summed E-state index contributed by atoms with van der Waals surface area (Å²) in [5.74, 6) is 1.02. The van der Waals surface area contributed by atoms with Gasteiger partial charge >= 0.3 is 0 Å². The van der Waals surface area contributed by atoms with Crippen molar-refractivity contribution in [1.29, 1.82) is 0 Å². The zero-order chi connectivity index (χ0) is 15.7. The van der Waals surface area contributed by atoms with Crippen molar-refractivity contribution in [1.82, 2.24) is 5.32 Å². The Kier molecular flexibility index (Phi) is 7.71. The average molecular weight is 315 g/mol. The molecule has 1 aromatic carbocycles. The molecular weight excluding hydrogens is 290 g/mol. The molecule has 0 bridgehead atoms. The summed E-state index contributed by atoms with van der Waals surface area (Å²) in [7, 11) is 0.235. The summed E-state index contributed by atoms with van der Waals surface area (Å²) in [5.41, 5.74) is 0.941. The Bertz CT molecular complexity index is 499. The highest BCUT2D eigenvalue weighted by atomic mass is 32.2. The molecule has 21 heavy (non-hydrogen) atoms. The molecule has 120 valence electrons. The van der Waals surface area contributed by atoms with Crippen LogP contribution >= 0.6 is 0 Å². The number of nitrogens with one attached hydrogen (secondary N) is 1. The van der Waals surface area contributed by atoms with E-state index in [9.17, 15) is 8.42 Å². The van der Waals surface area contributed by atoms with Crippen LogP contribution in [0.1, 0.15) is 24.9 Å². The van der Waals surface area contributed by atoms with Crippen molar-refractivity contribution >= 4 is 9.84 Å². The first kappa shape index (κ1) is 17.9. The lowest BCUT2D eigenvalue weighted by molar-refractivity contribution is 0.199. The third-order valence-corrected chi connectivity index (χ3v) is 4.92. The second-order valence-electron chi connectivity index (χ2n) is 4.80. The summed E-state index contributed by atoms with van der Waals surface area (Å²) >= 11 is 0. The maximum atomic E-state index is 12.1. The molecule has 1 aromatic rings. The van der Waals surface area contributed by atoms with Gasteiger partial charge < -0.3 is 14.8 Å². The Hall–Kier alpha value is -1.11. The Labute approximate surface area is 127 Å². The summed E-state index contributed by atoms with van der Waals surface area (Å²) in [6, 6.07) is 7.31. The molecule has 0 saturated carbocycles. The van der Waals surface area contributed by atoms with Crippen LogP contribution in [0.4, 0.5) is 0 Å². The van der Waals surface area contributed by atoms with Crippen molar-refractivity contribution in [3.63, 3.8) is 0 Å². The van der Waals surface area contributed by atoms with Gasteiger partial charge in [-0.25, -0.2) is 8.42 Å². The number of methoxy groups -OCH3 is 1. The zero-order valence-electron chi connectivity index (χ0n) is 13.0. The molecule has 1 unspecified atom stereocenters. The number of ether oxygens (including phenoxy) is 2. The molecule has 0 heterocycles. The first-order valence-electron chi connectivity index (χ1n) is 7.11. The number of sulfone groups is 1. The highest BCUT2D eigenvalue weighted by Gasteiger charge is 2.19. The standard InChI is InChI=1S/C15H25NO4S/c1-4-20-14-8-6-13(7-9-14)15(16-2)12-21(17,18)11-5-10-19-3/h6-9,15-16H,4-5,10-12H2,1-3H3. The molecule has 0 saturated heterocycles. The summed E-state index contributed by atoms with van der Waals surface area (Å²) in [6.07, 6.45) is 0.526. The molecule has 0 aliphatic rings. The van der Waals surface area contributed by atoms with Gasteiger partial charge in [-0.3, -0.25) is 0 Å². The number of rotatable bonds is 10. The largest absolute Gasteiger partial charge is 0.494 e. The van der Waals surface area contributed by atoms with E-state index >= 15 is 0 Å². The smallest absolute Gasteiger partial charge is 0.152 e. The van der Waals surface area contributed by atoms with E-state index in [2.05, 4.69) is 5.32 Å². The minimum Gasteiger partial charge on any atom is -0.494 e. The first-order valence-corrected chi connectivity index (χ1v) is 8.94. The third-order valence-electron chi connectivity index (χ3n) is 3.17.